The molecule has 100 valence electrons. The van der Waals surface area contributed by atoms with E-state index in [1.807, 2.05) is 19.1 Å². The Morgan fingerprint density at radius 3 is 2.47 bits per heavy atom. The van der Waals surface area contributed by atoms with Crippen molar-refractivity contribution in [3.63, 3.8) is 0 Å². The van der Waals surface area contributed by atoms with Crippen LogP contribution < -0.4 is 5.73 Å². The molecule has 1 heterocycles. The smallest absolute Gasteiger partial charge is 0.142 e. The molecule has 0 aliphatic carbocycles. The van der Waals surface area contributed by atoms with Crippen molar-refractivity contribution in [2.24, 2.45) is 5.73 Å². The number of aromatic nitrogens is 1. The van der Waals surface area contributed by atoms with E-state index in [0.29, 0.717) is 17.0 Å². The Bertz CT molecular complexity index is 585. The summed E-state index contributed by atoms with van der Waals surface area (Å²) in [6.45, 7) is 1.81. The van der Waals surface area contributed by atoms with Crippen LogP contribution in [0.3, 0.4) is 0 Å². The Labute approximate surface area is 121 Å². The highest BCUT2D eigenvalue weighted by Crippen LogP contribution is 2.32. The highest BCUT2D eigenvalue weighted by Gasteiger charge is 2.25. The van der Waals surface area contributed by atoms with Gasteiger partial charge in [0.05, 0.1) is 5.02 Å². The van der Waals surface area contributed by atoms with Crippen molar-refractivity contribution in [1.82, 2.24) is 4.98 Å². The number of halogens is 3. The third-order valence-electron chi connectivity index (χ3n) is 2.95. The second kappa shape index (κ2) is 5.45. The zero-order chi connectivity index (χ0) is 14.0. The zero-order valence-electron chi connectivity index (χ0n) is 10.3. The van der Waals surface area contributed by atoms with Crippen LogP contribution in [0.15, 0.2) is 36.7 Å². The van der Waals surface area contributed by atoms with Crippen LogP contribution in [0.5, 0.6) is 0 Å². The van der Waals surface area contributed by atoms with E-state index in [2.05, 4.69) is 4.98 Å². The van der Waals surface area contributed by atoms with Crippen LogP contribution in [0, 0.1) is 5.82 Å². The van der Waals surface area contributed by atoms with Crippen LogP contribution >= 0.6 is 23.2 Å². The number of nitrogens with two attached hydrogens (primary N) is 1. The van der Waals surface area contributed by atoms with Gasteiger partial charge in [0.25, 0.3) is 0 Å². The third-order valence-corrected chi connectivity index (χ3v) is 3.55. The first-order valence-electron chi connectivity index (χ1n) is 5.73. The molecule has 0 fully saturated rings. The summed E-state index contributed by atoms with van der Waals surface area (Å²) < 4.78 is 13.6. The molecule has 1 aromatic heterocycles. The largest absolute Gasteiger partial charge is 0.321 e. The van der Waals surface area contributed by atoms with Gasteiger partial charge in [0, 0.05) is 23.0 Å². The van der Waals surface area contributed by atoms with Crippen molar-refractivity contribution < 1.29 is 4.39 Å². The molecule has 0 aliphatic rings. The number of rotatable bonds is 3. The molecule has 19 heavy (non-hydrogen) atoms. The summed E-state index contributed by atoms with van der Waals surface area (Å²) in [5.74, 6) is -0.521. The molecule has 2 nitrogen and oxygen atoms in total. The van der Waals surface area contributed by atoms with Gasteiger partial charge < -0.3 is 5.73 Å². The molecule has 0 aliphatic heterocycles. The average Bonchev–Trinajstić information content (AvgIpc) is 2.34. The van der Waals surface area contributed by atoms with Crippen LogP contribution in [-0.4, -0.2) is 4.98 Å². The first-order valence-corrected chi connectivity index (χ1v) is 6.48. The molecule has 0 radical (unpaired) electrons. The first-order chi connectivity index (χ1) is 8.90. The summed E-state index contributed by atoms with van der Waals surface area (Å²) in [7, 11) is 0. The fourth-order valence-corrected chi connectivity index (χ4v) is 2.58. The fourth-order valence-electron chi connectivity index (χ4n) is 1.98. The summed E-state index contributed by atoms with van der Waals surface area (Å²) >= 11 is 11.8. The highest BCUT2D eigenvalue weighted by molar-refractivity contribution is 6.35. The summed E-state index contributed by atoms with van der Waals surface area (Å²) in [5.41, 5.74) is 7.03. The molecule has 2 aromatic rings. The molecule has 0 bridgehead atoms. The monoisotopic (exact) mass is 298 g/mol. The predicted molar refractivity (Wildman–Crippen MR) is 75.9 cm³/mol. The minimum absolute atomic E-state index is 0.00605. The third kappa shape index (κ3) is 3.24. The molecule has 0 saturated carbocycles. The Balaban J connectivity index is 2.37. The summed E-state index contributed by atoms with van der Waals surface area (Å²) in [6.07, 6.45) is 3.90. The van der Waals surface area contributed by atoms with E-state index in [4.69, 9.17) is 28.9 Å². The first kappa shape index (κ1) is 14.3. The number of benzene rings is 1. The lowest BCUT2D eigenvalue weighted by Crippen LogP contribution is -2.36. The van der Waals surface area contributed by atoms with Crippen molar-refractivity contribution in [3.8, 4) is 0 Å². The number of pyridine rings is 1. The van der Waals surface area contributed by atoms with Gasteiger partial charge in [0.1, 0.15) is 5.82 Å². The molecular weight excluding hydrogens is 286 g/mol. The summed E-state index contributed by atoms with van der Waals surface area (Å²) in [6, 6.07) is 6.41. The molecule has 5 heteroatoms. The number of hydrogen-bond donors (Lipinski definition) is 1. The maximum absolute atomic E-state index is 13.6. The van der Waals surface area contributed by atoms with E-state index in [0.717, 1.165) is 5.56 Å². The Morgan fingerprint density at radius 1 is 1.21 bits per heavy atom. The van der Waals surface area contributed by atoms with Gasteiger partial charge in [-0.2, -0.15) is 0 Å². The van der Waals surface area contributed by atoms with Gasteiger partial charge in [-0.05, 0) is 48.7 Å². The molecule has 2 rings (SSSR count). The van der Waals surface area contributed by atoms with E-state index in [-0.39, 0.29) is 5.02 Å². The predicted octanol–water partition coefficient (Wildman–Crippen LogP) is 3.94. The molecule has 1 unspecified atom stereocenters. The fraction of sp³-hybridized carbons (Fsp3) is 0.214. The molecule has 0 spiro atoms. The van der Waals surface area contributed by atoms with E-state index >= 15 is 0 Å². The Morgan fingerprint density at radius 2 is 1.84 bits per heavy atom. The maximum Gasteiger partial charge on any atom is 0.142 e. The van der Waals surface area contributed by atoms with E-state index in [1.165, 1.54) is 12.1 Å². The molecule has 0 saturated heterocycles. The van der Waals surface area contributed by atoms with Gasteiger partial charge in [0.15, 0.2) is 0 Å². The minimum atomic E-state index is -0.788. The molecule has 1 aromatic carbocycles. The van der Waals surface area contributed by atoms with Crippen LogP contribution in [0.2, 0.25) is 10.0 Å². The summed E-state index contributed by atoms with van der Waals surface area (Å²) in [5, 5.41) is 0.360. The SMILES string of the molecule is CC(N)(Cc1ccncc1)c1cc(F)c(Cl)cc1Cl. The quantitative estimate of drug-likeness (QED) is 0.872. The minimum Gasteiger partial charge on any atom is -0.321 e. The van der Waals surface area contributed by atoms with Crippen molar-refractivity contribution in [3.05, 3.63) is 63.6 Å². The lowest BCUT2D eigenvalue weighted by molar-refractivity contribution is 0.486. The van der Waals surface area contributed by atoms with Gasteiger partial charge in [-0.3, -0.25) is 4.98 Å². The van der Waals surface area contributed by atoms with Crippen LogP contribution in [-0.2, 0) is 12.0 Å². The Hall–Kier alpha value is -1.16. The normalized spacial score (nSPS) is 14.2. The van der Waals surface area contributed by atoms with Crippen LogP contribution in [0.1, 0.15) is 18.1 Å². The van der Waals surface area contributed by atoms with Crippen molar-refractivity contribution in [2.75, 3.05) is 0 Å². The maximum atomic E-state index is 13.6. The lowest BCUT2D eigenvalue weighted by Gasteiger charge is -2.26. The number of nitrogens with zero attached hydrogens (tertiary/aromatic N) is 1. The van der Waals surface area contributed by atoms with Gasteiger partial charge in [-0.1, -0.05) is 23.2 Å². The van der Waals surface area contributed by atoms with Gasteiger partial charge in [-0.25, -0.2) is 4.39 Å². The standard InChI is InChI=1S/C14H13Cl2FN2/c1-14(18,8-9-2-4-19-5-3-9)10-6-13(17)12(16)7-11(10)15/h2-7H,8,18H2,1H3. The van der Waals surface area contributed by atoms with Crippen molar-refractivity contribution >= 4 is 23.2 Å². The molecule has 1 atom stereocenters. The zero-order valence-corrected chi connectivity index (χ0v) is 11.8. The lowest BCUT2D eigenvalue weighted by atomic mass is 9.87. The summed E-state index contributed by atoms with van der Waals surface area (Å²) in [4.78, 5) is 3.95. The average molecular weight is 299 g/mol. The van der Waals surface area contributed by atoms with Crippen LogP contribution in [0.4, 0.5) is 4.39 Å². The van der Waals surface area contributed by atoms with E-state index < -0.39 is 11.4 Å². The van der Waals surface area contributed by atoms with Crippen LogP contribution in [0.25, 0.3) is 0 Å². The molecule has 0 amide bonds. The Kier molecular flexibility index (Phi) is 4.09. The van der Waals surface area contributed by atoms with Gasteiger partial charge in [0.2, 0.25) is 0 Å². The van der Waals surface area contributed by atoms with Crippen molar-refractivity contribution in [1.29, 1.82) is 0 Å². The van der Waals surface area contributed by atoms with E-state index in [9.17, 15) is 4.39 Å². The second-order valence-corrected chi connectivity index (χ2v) is 5.51. The van der Waals surface area contributed by atoms with E-state index in [1.54, 1.807) is 12.4 Å². The topological polar surface area (TPSA) is 38.9 Å². The van der Waals surface area contributed by atoms with Gasteiger partial charge >= 0.3 is 0 Å². The molecule has 2 N–H and O–H groups in total. The van der Waals surface area contributed by atoms with Gasteiger partial charge in [-0.15, -0.1) is 0 Å². The highest BCUT2D eigenvalue weighted by atomic mass is 35.5. The number of hydrogen-bond acceptors (Lipinski definition) is 2. The second-order valence-electron chi connectivity index (χ2n) is 4.70. The molecular formula is C14H13Cl2FN2. The van der Waals surface area contributed by atoms with Crippen molar-refractivity contribution in [2.45, 2.75) is 18.9 Å².